The molecule has 1 heterocycles. The molecule has 14 heavy (non-hydrogen) atoms. The van der Waals surface area contributed by atoms with Crippen molar-refractivity contribution < 1.29 is 4.79 Å². The molecule has 0 radical (unpaired) electrons. The summed E-state index contributed by atoms with van der Waals surface area (Å²) in [5.41, 5.74) is 5.33. The minimum atomic E-state index is -0.176. The molecular weight excluding hydrogens is 200 g/mol. The summed E-state index contributed by atoms with van der Waals surface area (Å²) in [7, 11) is 1.70. The van der Waals surface area contributed by atoms with E-state index < -0.39 is 0 Å². The molecule has 1 rings (SSSR count). The molecule has 0 bridgehead atoms. The molecule has 0 atom stereocenters. The Morgan fingerprint density at radius 1 is 1.79 bits per heavy atom. The second-order valence-corrected chi connectivity index (χ2v) is 4.15. The Morgan fingerprint density at radius 3 is 3.00 bits per heavy atom. The van der Waals surface area contributed by atoms with Crippen molar-refractivity contribution in [3.8, 4) is 0 Å². The maximum Gasteiger partial charge on any atom is 0.323 e. The highest BCUT2D eigenvalue weighted by Crippen LogP contribution is 2.16. The Labute approximate surface area is 86.9 Å². The van der Waals surface area contributed by atoms with Gasteiger partial charge in [-0.2, -0.15) is 0 Å². The second kappa shape index (κ2) is 4.92. The van der Waals surface area contributed by atoms with Gasteiger partial charge in [0.25, 0.3) is 0 Å². The predicted octanol–water partition coefficient (Wildman–Crippen LogP) is 0.874. The number of hydrogen-bond donors (Lipinski definition) is 2. The van der Waals surface area contributed by atoms with Crippen LogP contribution in [0, 0.1) is 6.92 Å². The average molecular weight is 214 g/mol. The number of nitrogens with zero attached hydrogens (tertiary/aromatic N) is 2. The van der Waals surface area contributed by atoms with Gasteiger partial charge in [-0.3, -0.25) is 5.32 Å². The van der Waals surface area contributed by atoms with Crippen molar-refractivity contribution in [3.63, 3.8) is 0 Å². The summed E-state index contributed by atoms with van der Waals surface area (Å²) in [6.45, 7) is 2.94. The molecule has 1 aromatic heterocycles. The van der Waals surface area contributed by atoms with Gasteiger partial charge in [-0.05, 0) is 6.92 Å². The molecule has 0 aliphatic rings. The van der Waals surface area contributed by atoms with Crippen molar-refractivity contribution in [1.29, 1.82) is 0 Å². The van der Waals surface area contributed by atoms with Gasteiger partial charge in [-0.15, -0.1) is 11.3 Å². The van der Waals surface area contributed by atoms with Crippen molar-refractivity contribution >= 4 is 22.5 Å². The smallest absolute Gasteiger partial charge is 0.323 e. The van der Waals surface area contributed by atoms with E-state index in [4.69, 9.17) is 5.73 Å². The number of rotatable bonds is 3. The number of aromatic nitrogens is 1. The first kappa shape index (κ1) is 10.9. The summed E-state index contributed by atoms with van der Waals surface area (Å²) in [6, 6.07) is -0.176. The lowest BCUT2D eigenvalue weighted by molar-refractivity contribution is 0.223. The molecule has 5 nitrogen and oxygen atoms in total. The van der Waals surface area contributed by atoms with Gasteiger partial charge in [-0.25, -0.2) is 9.78 Å². The molecule has 0 saturated carbocycles. The maximum atomic E-state index is 11.4. The Morgan fingerprint density at radius 2 is 2.50 bits per heavy atom. The highest BCUT2D eigenvalue weighted by molar-refractivity contribution is 7.15. The number of nitrogens with one attached hydrogen (secondary N) is 1. The number of carbonyl (C=O) groups is 1. The van der Waals surface area contributed by atoms with E-state index in [1.165, 1.54) is 16.2 Å². The zero-order valence-corrected chi connectivity index (χ0v) is 9.10. The Bertz CT molecular complexity index is 312. The third-order valence-corrected chi connectivity index (χ3v) is 2.47. The topological polar surface area (TPSA) is 71.2 Å². The van der Waals surface area contributed by atoms with Crippen molar-refractivity contribution in [1.82, 2.24) is 9.88 Å². The van der Waals surface area contributed by atoms with Crippen molar-refractivity contribution in [2.45, 2.75) is 6.92 Å². The summed E-state index contributed by atoms with van der Waals surface area (Å²) in [5, 5.41) is 3.31. The van der Waals surface area contributed by atoms with Crippen LogP contribution in [0.1, 0.15) is 4.88 Å². The SMILES string of the molecule is Cc1cnc(NC(=O)N(C)CCN)s1. The van der Waals surface area contributed by atoms with E-state index in [2.05, 4.69) is 10.3 Å². The molecule has 0 spiro atoms. The standard InChI is InChI=1S/C8H14N4OS/c1-6-5-10-7(14-6)11-8(13)12(2)4-3-9/h5H,3-4,9H2,1-2H3,(H,10,11,13). The van der Waals surface area contributed by atoms with Gasteiger partial charge in [0.1, 0.15) is 0 Å². The van der Waals surface area contributed by atoms with Crippen LogP contribution in [0.3, 0.4) is 0 Å². The number of amides is 2. The molecule has 0 fully saturated rings. The number of likely N-dealkylation sites (N-methyl/N-ethyl adjacent to an activating group) is 1. The minimum absolute atomic E-state index is 0.176. The van der Waals surface area contributed by atoms with E-state index in [0.717, 1.165) is 4.88 Å². The Balaban J connectivity index is 2.48. The molecule has 0 saturated heterocycles. The maximum absolute atomic E-state index is 11.4. The average Bonchev–Trinajstić information content (AvgIpc) is 2.51. The molecule has 6 heteroatoms. The minimum Gasteiger partial charge on any atom is -0.329 e. The fraction of sp³-hybridized carbons (Fsp3) is 0.500. The molecule has 2 amide bonds. The lowest BCUT2D eigenvalue weighted by Gasteiger charge is -2.15. The third-order valence-electron chi connectivity index (χ3n) is 1.65. The lowest BCUT2D eigenvalue weighted by atomic mass is 10.6. The summed E-state index contributed by atoms with van der Waals surface area (Å²) < 4.78 is 0. The number of thiazole rings is 1. The Kier molecular flexibility index (Phi) is 3.84. The van der Waals surface area contributed by atoms with Crippen LogP contribution in [0.5, 0.6) is 0 Å². The van der Waals surface area contributed by atoms with Crippen LogP contribution in [0.4, 0.5) is 9.93 Å². The first-order valence-electron chi connectivity index (χ1n) is 4.28. The van der Waals surface area contributed by atoms with Gasteiger partial charge in [-0.1, -0.05) is 0 Å². The van der Waals surface area contributed by atoms with Gasteiger partial charge in [0, 0.05) is 31.2 Å². The van der Waals surface area contributed by atoms with E-state index in [1.54, 1.807) is 13.2 Å². The van der Waals surface area contributed by atoms with Crippen LogP contribution in [-0.4, -0.2) is 36.1 Å². The largest absolute Gasteiger partial charge is 0.329 e. The monoisotopic (exact) mass is 214 g/mol. The van der Waals surface area contributed by atoms with Crippen LogP contribution in [-0.2, 0) is 0 Å². The zero-order chi connectivity index (χ0) is 10.6. The van der Waals surface area contributed by atoms with Crippen molar-refractivity contribution in [3.05, 3.63) is 11.1 Å². The quantitative estimate of drug-likeness (QED) is 0.784. The number of anilines is 1. The van der Waals surface area contributed by atoms with Gasteiger partial charge >= 0.3 is 6.03 Å². The number of carbonyl (C=O) groups excluding carboxylic acids is 1. The molecule has 0 aliphatic carbocycles. The van der Waals surface area contributed by atoms with Crippen LogP contribution >= 0.6 is 11.3 Å². The molecule has 0 aromatic carbocycles. The number of urea groups is 1. The van der Waals surface area contributed by atoms with Gasteiger partial charge in [0.2, 0.25) is 0 Å². The Hall–Kier alpha value is -1.14. The van der Waals surface area contributed by atoms with Crippen molar-refractivity contribution in [2.75, 3.05) is 25.5 Å². The van der Waals surface area contributed by atoms with Crippen LogP contribution in [0.15, 0.2) is 6.20 Å². The highest BCUT2D eigenvalue weighted by atomic mass is 32.1. The molecule has 0 aliphatic heterocycles. The first-order valence-corrected chi connectivity index (χ1v) is 5.09. The van der Waals surface area contributed by atoms with Crippen LogP contribution < -0.4 is 11.1 Å². The molecule has 3 N–H and O–H groups in total. The third kappa shape index (κ3) is 2.97. The van der Waals surface area contributed by atoms with E-state index in [9.17, 15) is 4.79 Å². The van der Waals surface area contributed by atoms with E-state index in [1.807, 2.05) is 6.92 Å². The zero-order valence-electron chi connectivity index (χ0n) is 8.28. The summed E-state index contributed by atoms with van der Waals surface area (Å²) in [6.07, 6.45) is 1.73. The second-order valence-electron chi connectivity index (χ2n) is 2.92. The molecule has 0 unspecified atom stereocenters. The predicted molar refractivity (Wildman–Crippen MR) is 57.6 cm³/mol. The first-order chi connectivity index (χ1) is 6.63. The van der Waals surface area contributed by atoms with Gasteiger partial charge in [0.05, 0.1) is 0 Å². The normalized spacial score (nSPS) is 9.93. The summed E-state index contributed by atoms with van der Waals surface area (Å²) in [4.78, 5) is 18.1. The molecule has 1 aromatic rings. The highest BCUT2D eigenvalue weighted by Gasteiger charge is 2.08. The molecular formula is C8H14N4OS. The van der Waals surface area contributed by atoms with Gasteiger partial charge < -0.3 is 10.6 Å². The van der Waals surface area contributed by atoms with E-state index in [0.29, 0.717) is 18.2 Å². The van der Waals surface area contributed by atoms with E-state index in [-0.39, 0.29) is 6.03 Å². The fourth-order valence-electron chi connectivity index (χ4n) is 0.895. The van der Waals surface area contributed by atoms with E-state index >= 15 is 0 Å². The molecule has 78 valence electrons. The van der Waals surface area contributed by atoms with Crippen LogP contribution in [0.25, 0.3) is 0 Å². The van der Waals surface area contributed by atoms with Crippen LogP contribution in [0.2, 0.25) is 0 Å². The summed E-state index contributed by atoms with van der Waals surface area (Å²) >= 11 is 1.45. The number of hydrogen-bond acceptors (Lipinski definition) is 4. The fourth-order valence-corrected chi connectivity index (χ4v) is 1.55. The summed E-state index contributed by atoms with van der Waals surface area (Å²) in [5.74, 6) is 0. The number of nitrogens with two attached hydrogens (primary N) is 1. The number of aryl methyl sites for hydroxylation is 1. The lowest BCUT2D eigenvalue weighted by Crippen LogP contribution is -2.35. The van der Waals surface area contributed by atoms with Crippen molar-refractivity contribution in [2.24, 2.45) is 5.73 Å². The van der Waals surface area contributed by atoms with Gasteiger partial charge in [0.15, 0.2) is 5.13 Å².